The van der Waals surface area contributed by atoms with E-state index < -0.39 is 0 Å². The molecular weight excluding hydrogens is 310 g/mol. The summed E-state index contributed by atoms with van der Waals surface area (Å²) in [5.41, 5.74) is 0.694. The van der Waals surface area contributed by atoms with Gasteiger partial charge in [0.05, 0.1) is 26.7 Å². The Morgan fingerprint density at radius 3 is 2.50 bits per heavy atom. The fourth-order valence-corrected chi connectivity index (χ4v) is 3.00. The Labute approximate surface area is 141 Å². The van der Waals surface area contributed by atoms with Gasteiger partial charge >= 0.3 is 0 Å². The fraction of sp³-hybridized carbons (Fsp3) is 0.529. The van der Waals surface area contributed by atoms with Crippen molar-refractivity contribution in [1.82, 2.24) is 9.97 Å². The highest BCUT2D eigenvalue weighted by atomic mass is 16.5. The molecule has 1 fully saturated rings. The third kappa shape index (κ3) is 3.17. The molecule has 1 saturated heterocycles. The lowest BCUT2D eigenvalue weighted by Gasteiger charge is -2.23. The largest absolute Gasteiger partial charge is 0.493 e. The fourth-order valence-electron chi connectivity index (χ4n) is 3.00. The number of fused-ring (bicyclic) bond motifs is 1. The molecule has 1 aliphatic heterocycles. The first kappa shape index (κ1) is 16.6. The molecule has 24 heavy (non-hydrogen) atoms. The first-order valence-corrected chi connectivity index (χ1v) is 8.03. The molecule has 0 atom stereocenters. The molecular formula is C17H23N3O4. The van der Waals surface area contributed by atoms with Gasteiger partial charge in [0, 0.05) is 19.8 Å². The van der Waals surface area contributed by atoms with Gasteiger partial charge in [0.25, 0.3) is 0 Å². The van der Waals surface area contributed by atoms with Crippen LogP contribution in [0.5, 0.6) is 17.2 Å². The molecule has 0 saturated carbocycles. The quantitative estimate of drug-likeness (QED) is 0.870. The van der Waals surface area contributed by atoms with Crippen molar-refractivity contribution in [2.24, 2.45) is 5.92 Å². The van der Waals surface area contributed by atoms with E-state index in [0.717, 1.165) is 43.8 Å². The van der Waals surface area contributed by atoms with E-state index in [0.29, 0.717) is 28.7 Å². The normalized spacial score (nSPS) is 15.3. The number of hydrogen-bond donors (Lipinski definition) is 1. The topological polar surface area (TPSA) is 74.7 Å². The van der Waals surface area contributed by atoms with Gasteiger partial charge < -0.3 is 24.3 Å². The molecule has 7 heteroatoms. The van der Waals surface area contributed by atoms with Crippen LogP contribution in [0.15, 0.2) is 12.4 Å². The molecule has 1 aromatic heterocycles. The molecule has 3 rings (SSSR count). The van der Waals surface area contributed by atoms with Gasteiger partial charge in [-0.1, -0.05) is 0 Å². The summed E-state index contributed by atoms with van der Waals surface area (Å²) in [5.74, 6) is 3.02. The average Bonchev–Trinajstić information content (AvgIpc) is 2.65. The monoisotopic (exact) mass is 333 g/mol. The number of anilines is 1. The molecule has 0 unspecified atom stereocenters. The third-order valence-electron chi connectivity index (χ3n) is 4.33. The van der Waals surface area contributed by atoms with Crippen LogP contribution >= 0.6 is 0 Å². The number of nitrogens with one attached hydrogen (secondary N) is 1. The summed E-state index contributed by atoms with van der Waals surface area (Å²) in [6, 6.07) is 1.88. The highest BCUT2D eigenvalue weighted by Crippen LogP contribution is 2.43. The lowest BCUT2D eigenvalue weighted by Crippen LogP contribution is -2.23. The number of benzene rings is 1. The van der Waals surface area contributed by atoms with Crippen molar-refractivity contribution in [2.45, 2.75) is 12.8 Å². The number of methoxy groups -OCH3 is 3. The van der Waals surface area contributed by atoms with E-state index in [2.05, 4.69) is 15.3 Å². The number of ether oxygens (including phenoxy) is 4. The first-order chi connectivity index (χ1) is 11.8. The minimum Gasteiger partial charge on any atom is -0.493 e. The van der Waals surface area contributed by atoms with Gasteiger partial charge in [0.2, 0.25) is 5.75 Å². The van der Waals surface area contributed by atoms with E-state index in [1.807, 2.05) is 6.07 Å². The smallest absolute Gasteiger partial charge is 0.205 e. The van der Waals surface area contributed by atoms with Crippen LogP contribution in [0.1, 0.15) is 12.8 Å². The van der Waals surface area contributed by atoms with Crippen molar-refractivity contribution in [3.8, 4) is 17.2 Å². The molecule has 7 nitrogen and oxygen atoms in total. The van der Waals surface area contributed by atoms with Gasteiger partial charge in [-0.2, -0.15) is 0 Å². The van der Waals surface area contributed by atoms with Crippen LogP contribution in [0.3, 0.4) is 0 Å². The highest BCUT2D eigenvalue weighted by molar-refractivity contribution is 5.96. The van der Waals surface area contributed by atoms with E-state index in [1.54, 1.807) is 21.3 Å². The van der Waals surface area contributed by atoms with Crippen molar-refractivity contribution >= 4 is 16.7 Å². The van der Waals surface area contributed by atoms with Gasteiger partial charge in [-0.05, 0) is 24.8 Å². The molecule has 0 amide bonds. The van der Waals surface area contributed by atoms with E-state index >= 15 is 0 Å². The maximum atomic E-state index is 5.50. The molecule has 0 radical (unpaired) electrons. The Balaban J connectivity index is 1.96. The zero-order chi connectivity index (χ0) is 16.9. The maximum absolute atomic E-state index is 5.50. The molecule has 0 aliphatic carbocycles. The Bertz CT molecular complexity index is 702. The third-order valence-corrected chi connectivity index (χ3v) is 4.33. The minimum atomic E-state index is 0.529. The lowest BCUT2D eigenvalue weighted by molar-refractivity contribution is 0.0699. The van der Waals surface area contributed by atoms with E-state index in [4.69, 9.17) is 18.9 Å². The predicted molar refractivity (Wildman–Crippen MR) is 91.2 cm³/mol. The van der Waals surface area contributed by atoms with Gasteiger partial charge in [-0.3, -0.25) is 0 Å². The zero-order valence-corrected chi connectivity index (χ0v) is 14.3. The van der Waals surface area contributed by atoms with Crippen molar-refractivity contribution < 1.29 is 18.9 Å². The molecule has 2 aromatic rings. The molecule has 2 heterocycles. The molecule has 130 valence electrons. The summed E-state index contributed by atoms with van der Waals surface area (Å²) in [5, 5.41) is 4.29. The van der Waals surface area contributed by atoms with Gasteiger partial charge in [-0.25, -0.2) is 9.97 Å². The number of nitrogens with zero attached hydrogens (tertiary/aromatic N) is 2. The van der Waals surface area contributed by atoms with Crippen LogP contribution in [0.4, 0.5) is 5.82 Å². The maximum Gasteiger partial charge on any atom is 0.205 e. The van der Waals surface area contributed by atoms with Crippen molar-refractivity contribution in [3.63, 3.8) is 0 Å². The summed E-state index contributed by atoms with van der Waals surface area (Å²) >= 11 is 0. The molecule has 1 N–H and O–H groups in total. The second-order valence-electron chi connectivity index (χ2n) is 5.70. The van der Waals surface area contributed by atoms with E-state index in [-0.39, 0.29) is 0 Å². The SMILES string of the molecule is COc1cc2c(NCC3CCOCC3)ncnc2c(OC)c1OC. The second-order valence-corrected chi connectivity index (χ2v) is 5.70. The molecule has 1 aliphatic rings. The molecule has 0 spiro atoms. The van der Waals surface area contributed by atoms with E-state index in [1.165, 1.54) is 6.33 Å². The average molecular weight is 333 g/mol. The highest BCUT2D eigenvalue weighted by Gasteiger charge is 2.20. The zero-order valence-electron chi connectivity index (χ0n) is 14.3. The second kappa shape index (κ2) is 7.53. The summed E-state index contributed by atoms with van der Waals surface area (Å²) in [6.07, 6.45) is 3.66. The standard InChI is InChI=1S/C17H23N3O4/c1-21-13-8-12-14(16(23-3)15(13)22-2)19-10-20-17(12)18-9-11-4-6-24-7-5-11/h8,10-11H,4-7,9H2,1-3H3,(H,18,19,20). The van der Waals surface area contributed by atoms with Crippen LogP contribution in [0, 0.1) is 5.92 Å². The van der Waals surface area contributed by atoms with Crippen LogP contribution in [0.25, 0.3) is 10.9 Å². The summed E-state index contributed by atoms with van der Waals surface area (Å²) in [4.78, 5) is 8.75. The Kier molecular flexibility index (Phi) is 5.20. The van der Waals surface area contributed by atoms with Crippen LogP contribution in [0.2, 0.25) is 0 Å². The van der Waals surface area contributed by atoms with Crippen LogP contribution in [-0.2, 0) is 4.74 Å². The van der Waals surface area contributed by atoms with Crippen LogP contribution in [-0.4, -0.2) is 51.1 Å². The molecule has 0 bridgehead atoms. The summed E-state index contributed by atoms with van der Waals surface area (Å²) in [6.45, 7) is 2.51. The van der Waals surface area contributed by atoms with Gasteiger partial charge in [0.1, 0.15) is 17.7 Å². The van der Waals surface area contributed by atoms with Gasteiger partial charge in [0.15, 0.2) is 11.5 Å². The number of rotatable bonds is 6. The molecule has 1 aromatic carbocycles. The first-order valence-electron chi connectivity index (χ1n) is 8.03. The predicted octanol–water partition coefficient (Wildman–Crippen LogP) is 2.49. The Hall–Kier alpha value is -2.28. The summed E-state index contributed by atoms with van der Waals surface area (Å²) < 4.78 is 21.8. The Morgan fingerprint density at radius 2 is 1.83 bits per heavy atom. The minimum absolute atomic E-state index is 0.529. The van der Waals surface area contributed by atoms with Crippen molar-refractivity contribution in [2.75, 3.05) is 46.4 Å². The lowest BCUT2D eigenvalue weighted by atomic mass is 10.0. The van der Waals surface area contributed by atoms with Crippen molar-refractivity contribution in [1.29, 1.82) is 0 Å². The van der Waals surface area contributed by atoms with Crippen molar-refractivity contribution in [3.05, 3.63) is 12.4 Å². The Morgan fingerprint density at radius 1 is 1.08 bits per heavy atom. The van der Waals surface area contributed by atoms with Crippen LogP contribution < -0.4 is 19.5 Å². The van der Waals surface area contributed by atoms with E-state index in [9.17, 15) is 0 Å². The van der Waals surface area contributed by atoms with Gasteiger partial charge in [-0.15, -0.1) is 0 Å². The number of hydrogen-bond acceptors (Lipinski definition) is 7. The number of aromatic nitrogens is 2. The summed E-state index contributed by atoms with van der Waals surface area (Å²) in [7, 11) is 4.77.